The molecule has 0 saturated carbocycles. The van der Waals surface area contributed by atoms with Crippen LogP contribution in [-0.2, 0) is 16.0 Å². The maximum atomic E-state index is 12.1. The van der Waals surface area contributed by atoms with E-state index < -0.39 is 5.54 Å². The molecule has 0 atom stereocenters. The van der Waals surface area contributed by atoms with Crippen molar-refractivity contribution in [2.24, 2.45) is 0 Å². The summed E-state index contributed by atoms with van der Waals surface area (Å²) in [4.78, 5) is 12.1. The third-order valence-corrected chi connectivity index (χ3v) is 4.11. The van der Waals surface area contributed by atoms with Gasteiger partial charge < -0.3 is 15.2 Å². The van der Waals surface area contributed by atoms with Crippen molar-refractivity contribution in [3.05, 3.63) is 34.9 Å². The van der Waals surface area contributed by atoms with E-state index in [1.165, 1.54) is 0 Å². The van der Waals surface area contributed by atoms with Crippen molar-refractivity contribution in [1.29, 1.82) is 0 Å². The Labute approximate surface area is 124 Å². The smallest absolute Gasteiger partial charge is 0.220 e. The van der Waals surface area contributed by atoms with Gasteiger partial charge in [0.2, 0.25) is 5.91 Å². The van der Waals surface area contributed by atoms with Crippen molar-refractivity contribution in [2.45, 2.75) is 31.2 Å². The Bertz CT molecular complexity index is 458. The van der Waals surface area contributed by atoms with Gasteiger partial charge >= 0.3 is 0 Å². The van der Waals surface area contributed by atoms with E-state index in [4.69, 9.17) is 16.3 Å². The summed E-state index contributed by atoms with van der Waals surface area (Å²) in [6.45, 7) is 1.10. The fraction of sp³-hybridized carbons (Fsp3) is 0.533. The average molecular weight is 298 g/mol. The highest BCUT2D eigenvalue weighted by molar-refractivity contribution is 6.31. The Hall–Kier alpha value is -1.10. The number of rotatable bonds is 5. The van der Waals surface area contributed by atoms with Crippen LogP contribution in [0.4, 0.5) is 0 Å². The van der Waals surface area contributed by atoms with Gasteiger partial charge in [-0.15, -0.1) is 0 Å². The minimum atomic E-state index is -0.518. The first-order valence-electron chi connectivity index (χ1n) is 6.88. The number of halogens is 1. The lowest BCUT2D eigenvalue weighted by Gasteiger charge is -2.36. The van der Waals surface area contributed by atoms with Gasteiger partial charge in [-0.3, -0.25) is 4.79 Å². The number of ether oxygens (including phenoxy) is 1. The van der Waals surface area contributed by atoms with Crippen LogP contribution in [-0.4, -0.2) is 36.4 Å². The molecule has 4 nitrogen and oxygen atoms in total. The number of carbonyl (C=O) groups is 1. The topological polar surface area (TPSA) is 58.6 Å². The average Bonchev–Trinajstić information content (AvgIpc) is 2.47. The second kappa shape index (κ2) is 7.07. The van der Waals surface area contributed by atoms with Gasteiger partial charge in [0.1, 0.15) is 0 Å². The molecule has 2 N–H and O–H groups in total. The van der Waals surface area contributed by atoms with Crippen molar-refractivity contribution in [1.82, 2.24) is 5.32 Å². The molecule has 1 aromatic carbocycles. The second-order valence-electron chi connectivity index (χ2n) is 5.19. The van der Waals surface area contributed by atoms with E-state index in [-0.39, 0.29) is 12.5 Å². The molecule has 1 aliphatic rings. The molecular formula is C15H20ClNO3. The Morgan fingerprint density at radius 3 is 2.70 bits per heavy atom. The minimum absolute atomic E-state index is 0.0474. The molecule has 1 aromatic rings. The van der Waals surface area contributed by atoms with Crippen LogP contribution in [0.5, 0.6) is 0 Å². The van der Waals surface area contributed by atoms with Gasteiger partial charge in [0.25, 0.3) is 0 Å². The fourth-order valence-electron chi connectivity index (χ4n) is 2.39. The van der Waals surface area contributed by atoms with Crippen LogP contribution in [0.3, 0.4) is 0 Å². The molecule has 20 heavy (non-hydrogen) atoms. The maximum absolute atomic E-state index is 12.1. The van der Waals surface area contributed by atoms with Gasteiger partial charge in [0.05, 0.1) is 12.1 Å². The summed E-state index contributed by atoms with van der Waals surface area (Å²) in [7, 11) is 0. The lowest BCUT2D eigenvalue weighted by atomic mass is 9.90. The van der Waals surface area contributed by atoms with Gasteiger partial charge in [-0.1, -0.05) is 29.8 Å². The first kappa shape index (κ1) is 15.3. The van der Waals surface area contributed by atoms with Crippen molar-refractivity contribution in [2.75, 3.05) is 19.8 Å². The number of aliphatic hydroxyl groups excluding tert-OH is 1. The van der Waals surface area contributed by atoms with Gasteiger partial charge in [0.15, 0.2) is 0 Å². The van der Waals surface area contributed by atoms with E-state index in [1.807, 2.05) is 24.3 Å². The molecule has 1 aliphatic heterocycles. The molecular weight excluding hydrogens is 278 g/mol. The minimum Gasteiger partial charge on any atom is -0.394 e. The quantitative estimate of drug-likeness (QED) is 0.873. The molecule has 0 aliphatic carbocycles. The highest BCUT2D eigenvalue weighted by atomic mass is 35.5. The molecule has 1 saturated heterocycles. The van der Waals surface area contributed by atoms with Crippen molar-refractivity contribution in [3.63, 3.8) is 0 Å². The summed E-state index contributed by atoms with van der Waals surface area (Å²) in [6, 6.07) is 7.52. The zero-order valence-corrected chi connectivity index (χ0v) is 12.2. The Morgan fingerprint density at radius 2 is 2.05 bits per heavy atom. The van der Waals surface area contributed by atoms with E-state index in [1.54, 1.807) is 0 Å². The summed E-state index contributed by atoms with van der Waals surface area (Å²) in [5.41, 5.74) is 0.449. The summed E-state index contributed by atoms with van der Waals surface area (Å²) in [5, 5.41) is 13.2. The van der Waals surface area contributed by atoms with Crippen LogP contribution < -0.4 is 5.32 Å². The van der Waals surface area contributed by atoms with E-state index in [0.717, 1.165) is 5.56 Å². The van der Waals surface area contributed by atoms with E-state index in [0.29, 0.717) is 43.9 Å². The molecule has 0 unspecified atom stereocenters. The van der Waals surface area contributed by atoms with Gasteiger partial charge in [-0.2, -0.15) is 0 Å². The molecule has 110 valence electrons. The predicted molar refractivity (Wildman–Crippen MR) is 77.8 cm³/mol. The molecule has 0 spiro atoms. The van der Waals surface area contributed by atoms with Gasteiger partial charge in [0, 0.05) is 24.7 Å². The SMILES string of the molecule is O=C(CCc1ccccc1Cl)NC1(CO)CCOCC1. The molecule has 2 rings (SSSR count). The summed E-state index contributed by atoms with van der Waals surface area (Å²) in [6.07, 6.45) is 2.28. The normalized spacial score (nSPS) is 17.7. The molecule has 0 aromatic heterocycles. The lowest BCUT2D eigenvalue weighted by Crippen LogP contribution is -2.54. The van der Waals surface area contributed by atoms with Crippen molar-refractivity contribution in [3.8, 4) is 0 Å². The number of hydrogen-bond donors (Lipinski definition) is 2. The highest BCUT2D eigenvalue weighted by Gasteiger charge is 2.33. The number of carbonyl (C=O) groups excluding carboxylic acids is 1. The van der Waals surface area contributed by atoms with Crippen molar-refractivity contribution < 1.29 is 14.6 Å². The first-order valence-corrected chi connectivity index (χ1v) is 7.26. The monoisotopic (exact) mass is 297 g/mol. The van der Waals surface area contributed by atoms with Crippen LogP contribution in [0.15, 0.2) is 24.3 Å². The van der Waals surface area contributed by atoms with E-state index in [9.17, 15) is 9.90 Å². The summed E-state index contributed by atoms with van der Waals surface area (Å²) >= 11 is 6.07. The Kier molecular flexibility index (Phi) is 5.40. The molecule has 5 heteroatoms. The van der Waals surface area contributed by atoms with Crippen LogP contribution in [0.25, 0.3) is 0 Å². The largest absolute Gasteiger partial charge is 0.394 e. The molecule has 0 bridgehead atoms. The Balaban J connectivity index is 1.87. The molecule has 1 amide bonds. The highest BCUT2D eigenvalue weighted by Crippen LogP contribution is 2.21. The third kappa shape index (κ3) is 3.95. The predicted octanol–water partition coefficient (Wildman–Crippen LogP) is 1.93. The lowest BCUT2D eigenvalue weighted by molar-refractivity contribution is -0.125. The number of hydrogen-bond acceptors (Lipinski definition) is 3. The van der Waals surface area contributed by atoms with Crippen LogP contribution in [0, 0.1) is 0 Å². The van der Waals surface area contributed by atoms with E-state index >= 15 is 0 Å². The molecule has 0 radical (unpaired) electrons. The molecule has 1 heterocycles. The maximum Gasteiger partial charge on any atom is 0.220 e. The molecule has 1 fully saturated rings. The van der Waals surface area contributed by atoms with Crippen LogP contribution >= 0.6 is 11.6 Å². The number of amides is 1. The van der Waals surface area contributed by atoms with Gasteiger partial charge in [-0.25, -0.2) is 0 Å². The van der Waals surface area contributed by atoms with Crippen LogP contribution in [0.1, 0.15) is 24.8 Å². The van der Waals surface area contributed by atoms with E-state index in [2.05, 4.69) is 5.32 Å². The Morgan fingerprint density at radius 1 is 1.35 bits per heavy atom. The summed E-state index contributed by atoms with van der Waals surface area (Å²) < 4.78 is 5.27. The van der Waals surface area contributed by atoms with Crippen LogP contribution in [0.2, 0.25) is 5.02 Å². The van der Waals surface area contributed by atoms with Gasteiger partial charge in [-0.05, 0) is 30.9 Å². The number of nitrogens with one attached hydrogen (secondary N) is 1. The summed E-state index contributed by atoms with van der Waals surface area (Å²) in [5.74, 6) is -0.0548. The number of aliphatic hydroxyl groups is 1. The second-order valence-corrected chi connectivity index (χ2v) is 5.60. The van der Waals surface area contributed by atoms with Crippen molar-refractivity contribution >= 4 is 17.5 Å². The number of benzene rings is 1. The zero-order valence-electron chi connectivity index (χ0n) is 11.4. The number of aryl methyl sites for hydroxylation is 1. The standard InChI is InChI=1S/C15H20ClNO3/c16-13-4-2-1-3-12(13)5-6-14(19)17-15(11-18)7-9-20-10-8-15/h1-4,18H,5-11H2,(H,17,19). The zero-order chi connectivity index (χ0) is 14.4. The fourth-order valence-corrected chi connectivity index (χ4v) is 2.62. The first-order chi connectivity index (χ1) is 9.65. The third-order valence-electron chi connectivity index (χ3n) is 3.74.